The molecule has 1 aromatic carbocycles. The lowest BCUT2D eigenvalue weighted by atomic mass is 10.2. The zero-order chi connectivity index (χ0) is 11.3. The summed E-state index contributed by atoms with van der Waals surface area (Å²) in [5, 5.41) is 9.42. The number of benzene rings is 1. The van der Waals surface area contributed by atoms with Gasteiger partial charge in [-0.05, 0) is 18.1 Å². The number of rotatable bonds is 4. The van der Waals surface area contributed by atoms with E-state index in [1.165, 1.54) is 0 Å². The molecule has 0 atom stereocenters. The highest BCUT2D eigenvalue weighted by Crippen LogP contribution is 2.26. The van der Waals surface area contributed by atoms with Gasteiger partial charge in [-0.3, -0.25) is 4.79 Å². The van der Waals surface area contributed by atoms with Crippen molar-refractivity contribution in [2.75, 3.05) is 0 Å². The van der Waals surface area contributed by atoms with E-state index < -0.39 is 5.97 Å². The number of allylic oxidation sites excluding steroid dienone is 1. The second kappa shape index (κ2) is 5.79. The second-order valence-corrected chi connectivity index (χ2v) is 3.76. The Morgan fingerprint density at radius 3 is 2.80 bits per heavy atom. The van der Waals surface area contributed by atoms with Crippen LogP contribution in [0.5, 0.6) is 0 Å². The van der Waals surface area contributed by atoms with Crippen molar-refractivity contribution < 1.29 is 9.90 Å². The van der Waals surface area contributed by atoms with E-state index >= 15 is 0 Å². The first kappa shape index (κ1) is 12.1. The molecule has 1 aromatic rings. The Bertz CT molecular complexity index is 386. The van der Waals surface area contributed by atoms with Gasteiger partial charge in [0.15, 0.2) is 0 Å². The summed E-state index contributed by atoms with van der Waals surface area (Å²) in [5.74, 6) is -0.808. The van der Waals surface area contributed by atoms with Gasteiger partial charge < -0.3 is 5.11 Å². The highest BCUT2D eigenvalue weighted by atomic mass is 35.5. The van der Waals surface area contributed by atoms with Gasteiger partial charge in [0.25, 0.3) is 0 Å². The van der Waals surface area contributed by atoms with E-state index in [0.717, 1.165) is 5.56 Å². The molecular weight excluding hydrogens is 235 g/mol. The Hall–Kier alpha value is -0.990. The van der Waals surface area contributed by atoms with E-state index in [1.807, 2.05) is 6.07 Å². The van der Waals surface area contributed by atoms with Gasteiger partial charge in [-0.2, -0.15) is 0 Å². The van der Waals surface area contributed by atoms with Crippen LogP contribution in [-0.4, -0.2) is 11.1 Å². The van der Waals surface area contributed by atoms with Gasteiger partial charge in [0, 0.05) is 6.42 Å². The molecule has 0 unspecified atom stereocenters. The van der Waals surface area contributed by atoms with Crippen LogP contribution in [0.1, 0.15) is 18.4 Å². The molecule has 1 rings (SSSR count). The molecule has 0 amide bonds. The lowest BCUT2D eigenvalue weighted by molar-refractivity contribution is -0.136. The van der Waals surface area contributed by atoms with Crippen molar-refractivity contribution in [3.63, 3.8) is 0 Å². The Morgan fingerprint density at radius 2 is 2.13 bits per heavy atom. The Balaban J connectivity index is 2.64. The number of halogens is 2. The minimum Gasteiger partial charge on any atom is -0.481 e. The van der Waals surface area contributed by atoms with Crippen LogP contribution in [0.25, 0.3) is 6.08 Å². The van der Waals surface area contributed by atoms with Crippen LogP contribution in [0.2, 0.25) is 10.0 Å². The molecule has 0 aliphatic rings. The molecule has 0 aliphatic carbocycles. The van der Waals surface area contributed by atoms with Gasteiger partial charge in [-0.1, -0.05) is 47.5 Å². The minimum atomic E-state index is -0.808. The van der Waals surface area contributed by atoms with E-state index in [4.69, 9.17) is 28.3 Å². The van der Waals surface area contributed by atoms with E-state index in [-0.39, 0.29) is 6.42 Å². The third kappa shape index (κ3) is 3.94. The van der Waals surface area contributed by atoms with Gasteiger partial charge in [0.1, 0.15) is 0 Å². The number of hydrogen-bond acceptors (Lipinski definition) is 1. The number of hydrogen-bond donors (Lipinski definition) is 1. The van der Waals surface area contributed by atoms with Crippen LogP contribution >= 0.6 is 23.2 Å². The third-order valence-corrected chi connectivity index (χ3v) is 2.64. The molecule has 15 heavy (non-hydrogen) atoms. The van der Waals surface area contributed by atoms with Gasteiger partial charge in [0.2, 0.25) is 0 Å². The molecule has 0 radical (unpaired) electrons. The smallest absolute Gasteiger partial charge is 0.303 e. The molecule has 0 saturated carbocycles. The largest absolute Gasteiger partial charge is 0.481 e. The summed E-state index contributed by atoms with van der Waals surface area (Å²) in [6.07, 6.45) is 4.15. The number of carbonyl (C=O) groups is 1. The van der Waals surface area contributed by atoms with Crippen molar-refractivity contribution in [2.24, 2.45) is 0 Å². The minimum absolute atomic E-state index is 0.120. The average Bonchev–Trinajstić information content (AvgIpc) is 2.18. The van der Waals surface area contributed by atoms with Gasteiger partial charge >= 0.3 is 5.97 Å². The molecule has 80 valence electrons. The van der Waals surface area contributed by atoms with Crippen molar-refractivity contribution in [3.05, 3.63) is 39.9 Å². The van der Waals surface area contributed by atoms with Crippen molar-refractivity contribution in [1.82, 2.24) is 0 Å². The lowest BCUT2D eigenvalue weighted by Gasteiger charge is -1.99. The molecule has 2 nitrogen and oxygen atoms in total. The molecule has 0 aromatic heterocycles. The van der Waals surface area contributed by atoms with Crippen LogP contribution in [0.3, 0.4) is 0 Å². The highest BCUT2D eigenvalue weighted by molar-refractivity contribution is 6.42. The lowest BCUT2D eigenvalue weighted by Crippen LogP contribution is -1.91. The summed E-state index contributed by atoms with van der Waals surface area (Å²) in [5.41, 5.74) is 0.801. The van der Waals surface area contributed by atoms with Crippen molar-refractivity contribution >= 4 is 35.2 Å². The molecule has 1 N–H and O–H groups in total. The molecule has 0 saturated heterocycles. The number of carboxylic acid groups (broad SMARTS) is 1. The quantitative estimate of drug-likeness (QED) is 0.874. The second-order valence-electron chi connectivity index (χ2n) is 2.98. The normalized spacial score (nSPS) is 10.8. The topological polar surface area (TPSA) is 37.3 Å². The van der Waals surface area contributed by atoms with E-state index in [1.54, 1.807) is 24.3 Å². The zero-order valence-corrected chi connectivity index (χ0v) is 9.42. The highest BCUT2D eigenvalue weighted by Gasteiger charge is 2.00. The van der Waals surface area contributed by atoms with Crippen molar-refractivity contribution in [2.45, 2.75) is 12.8 Å². The first-order valence-corrected chi connectivity index (χ1v) is 5.19. The van der Waals surface area contributed by atoms with Crippen LogP contribution in [-0.2, 0) is 4.79 Å². The Morgan fingerprint density at radius 1 is 1.40 bits per heavy atom. The monoisotopic (exact) mass is 244 g/mol. The maximum absolute atomic E-state index is 10.3. The van der Waals surface area contributed by atoms with Crippen LogP contribution in [0, 0.1) is 0 Å². The average molecular weight is 245 g/mol. The summed E-state index contributed by atoms with van der Waals surface area (Å²) in [6.45, 7) is 0. The summed E-state index contributed by atoms with van der Waals surface area (Å²) in [6, 6.07) is 5.33. The van der Waals surface area contributed by atoms with E-state index in [0.29, 0.717) is 16.5 Å². The fraction of sp³-hybridized carbons (Fsp3) is 0.182. The summed E-state index contributed by atoms with van der Waals surface area (Å²) in [7, 11) is 0. The van der Waals surface area contributed by atoms with Crippen molar-refractivity contribution in [1.29, 1.82) is 0 Å². The first-order chi connectivity index (χ1) is 7.11. The maximum atomic E-state index is 10.3. The fourth-order valence-electron chi connectivity index (χ4n) is 1.07. The standard InChI is InChI=1S/C11H10Cl2O2/c12-9-6-3-5-8(11(9)13)4-1-2-7-10(14)15/h1,3-6H,2,7H2,(H,14,15)/b4-1-. The van der Waals surface area contributed by atoms with Crippen molar-refractivity contribution in [3.8, 4) is 0 Å². The van der Waals surface area contributed by atoms with Gasteiger partial charge in [-0.15, -0.1) is 0 Å². The molecule has 0 bridgehead atoms. The molecular formula is C11H10Cl2O2. The zero-order valence-electron chi connectivity index (χ0n) is 7.91. The Labute approximate surface area is 98.1 Å². The summed E-state index contributed by atoms with van der Waals surface area (Å²) < 4.78 is 0. The van der Waals surface area contributed by atoms with Crippen LogP contribution in [0.4, 0.5) is 0 Å². The first-order valence-electron chi connectivity index (χ1n) is 4.43. The van der Waals surface area contributed by atoms with E-state index in [9.17, 15) is 4.79 Å². The molecule has 0 fully saturated rings. The summed E-state index contributed by atoms with van der Waals surface area (Å²) in [4.78, 5) is 10.3. The molecule has 0 heterocycles. The SMILES string of the molecule is O=C(O)CC/C=C\c1cccc(Cl)c1Cl. The third-order valence-electron chi connectivity index (χ3n) is 1.80. The fourth-order valence-corrected chi connectivity index (χ4v) is 1.44. The number of aliphatic carboxylic acids is 1. The molecule has 0 spiro atoms. The number of carboxylic acids is 1. The van der Waals surface area contributed by atoms with Crippen LogP contribution in [0.15, 0.2) is 24.3 Å². The molecule has 4 heteroatoms. The van der Waals surface area contributed by atoms with E-state index in [2.05, 4.69) is 0 Å². The van der Waals surface area contributed by atoms with Crippen LogP contribution < -0.4 is 0 Å². The van der Waals surface area contributed by atoms with Gasteiger partial charge in [0.05, 0.1) is 10.0 Å². The predicted molar refractivity (Wildman–Crippen MR) is 62.4 cm³/mol. The maximum Gasteiger partial charge on any atom is 0.303 e. The molecule has 0 aliphatic heterocycles. The van der Waals surface area contributed by atoms with Gasteiger partial charge in [-0.25, -0.2) is 0 Å². The predicted octanol–water partition coefficient (Wildman–Crippen LogP) is 3.87. The summed E-state index contributed by atoms with van der Waals surface area (Å²) >= 11 is 11.8. The Kier molecular flexibility index (Phi) is 4.66.